The normalized spacial score (nSPS) is 28.8. The van der Waals surface area contributed by atoms with Crippen molar-refractivity contribution in [3.8, 4) is 0 Å². The van der Waals surface area contributed by atoms with E-state index in [4.69, 9.17) is 0 Å². The summed E-state index contributed by atoms with van der Waals surface area (Å²) in [5, 5.41) is 3.62. The summed E-state index contributed by atoms with van der Waals surface area (Å²) in [4.78, 5) is 0. The van der Waals surface area contributed by atoms with Crippen molar-refractivity contribution in [2.75, 3.05) is 13.1 Å². The van der Waals surface area contributed by atoms with Gasteiger partial charge in [0.25, 0.3) is 0 Å². The molecule has 1 nitrogen and oxygen atoms in total. The molecule has 2 aliphatic rings. The summed E-state index contributed by atoms with van der Waals surface area (Å²) in [6, 6.07) is 0. The first-order chi connectivity index (χ1) is 6.45. The van der Waals surface area contributed by atoms with E-state index in [1.54, 1.807) is 0 Å². The van der Waals surface area contributed by atoms with Crippen LogP contribution in [0.2, 0.25) is 0 Å². The molecule has 1 fully saturated rings. The molecule has 1 atom stereocenters. The SMILES string of the molecule is C1=CCC(CNCC2CCC2)CC1. The molecule has 0 aromatic heterocycles. The molecule has 0 aliphatic heterocycles. The molecule has 0 bridgehead atoms. The Morgan fingerprint density at radius 2 is 1.85 bits per heavy atom. The number of hydrogen-bond acceptors (Lipinski definition) is 1. The average Bonchev–Trinajstić information content (AvgIpc) is 2.11. The van der Waals surface area contributed by atoms with Gasteiger partial charge in [-0.3, -0.25) is 0 Å². The Hall–Kier alpha value is -0.300. The summed E-state index contributed by atoms with van der Waals surface area (Å²) >= 11 is 0. The van der Waals surface area contributed by atoms with Gasteiger partial charge in [-0.05, 0) is 57.0 Å². The molecule has 1 saturated carbocycles. The molecule has 2 rings (SSSR count). The van der Waals surface area contributed by atoms with Crippen LogP contribution in [-0.4, -0.2) is 13.1 Å². The fourth-order valence-electron chi connectivity index (χ4n) is 2.23. The molecule has 1 heteroatoms. The number of hydrogen-bond donors (Lipinski definition) is 1. The first-order valence-electron chi connectivity index (χ1n) is 5.81. The summed E-state index contributed by atoms with van der Waals surface area (Å²) in [5.41, 5.74) is 0. The maximum absolute atomic E-state index is 3.62. The molecule has 0 radical (unpaired) electrons. The van der Waals surface area contributed by atoms with Crippen molar-refractivity contribution in [3.63, 3.8) is 0 Å². The van der Waals surface area contributed by atoms with Crippen molar-refractivity contribution in [1.29, 1.82) is 0 Å². The maximum Gasteiger partial charge on any atom is -0.00173 e. The second-order valence-electron chi connectivity index (χ2n) is 4.61. The third kappa shape index (κ3) is 2.84. The quantitative estimate of drug-likeness (QED) is 0.654. The average molecular weight is 179 g/mol. The van der Waals surface area contributed by atoms with Crippen molar-refractivity contribution in [3.05, 3.63) is 12.2 Å². The lowest BCUT2D eigenvalue weighted by Crippen LogP contribution is -2.31. The van der Waals surface area contributed by atoms with E-state index in [-0.39, 0.29) is 0 Å². The number of nitrogens with one attached hydrogen (secondary N) is 1. The molecule has 0 saturated heterocycles. The van der Waals surface area contributed by atoms with Gasteiger partial charge in [-0.1, -0.05) is 18.6 Å². The van der Waals surface area contributed by atoms with E-state index in [0.717, 1.165) is 11.8 Å². The zero-order valence-corrected chi connectivity index (χ0v) is 8.47. The summed E-state index contributed by atoms with van der Waals surface area (Å²) in [5.74, 6) is 1.93. The molecule has 1 N–H and O–H groups in total. The molecule has 0 spiro atoms. The Labute approximate surface area is 81.6 Å². The summed E-state index contributed by atoms with van der Waals surface area (Å²) in [6.45, 7) is 2.53. The molecule has 0 amide bonds. The van der Waals surface area contributed by atoms with Gasteiger partial charge in [0.05, 0.1) is 0 Å². The zero-order chi connectivity index (χ0) is 8.93. The Morgan fingerprint density at radius 3 is 2.46 bits per heavy atom. The fourth-order valence-corrected chi connectivity index (χ4v) is 2.23. The second-order valence-corrected chi connectivity index (χ2v) is 4.61. The standard InChI is InChI=1S/C12H21N/c1-2-5-11(6-3-1)9-13-10-12-7-4-8-12/h1-2,11-13H,3-10H2. The number of allylic oxidation sites excluding steroid dienone is 2. The van der Waals surface area contributed by atoms with E-state index >= 15 is 0 Å². The lowest BCUT2D eigenvalue weighted by molar-refractivity contribution is 0.291. The third-order valence-electron chi connectivity index (χ3n) is 3.47. The van der Waals surface area contributed by atoms with Gasteiger partial charge in [0.15, 0.2) is 0 Å². The molecule has 0 heterocycles. The Bertz CT molecular complexity index is 170. The van der Waals surface area contributed by atoms with Crippen LogP contribution in [0.15, 0.2) is 12.2 Å². The third-order valence-corrected chi connectivity index (χ3v) is 3.47. The highest BCUT2D eigenvalue weighted by Gasteiger charge is 2.17. The van der Waals surface area contributed by atoms with Gasteiger partial charge < -0.3 is 5.32 Å². The molecule has 13 heavy (non-hydrogen) atoms. The topological polar surface area (TPSA) is 12.0 Å². The van der Waals surface area contributed by atoms with Crippen LogP contribution >= 0.6 is 0 Å². The summed E-state index contributed by atoms with van der Waals surface area (Å²) < 4.78 is 0. The van der Waals surface area contributed by atoms with E-state index in [2.05, 4.69) is 17.5 Å². The lowest BCUT2D eigenvalue weighted by Gasteiger charge is -2.27. The predicted octanol–water partition coefficient (Wildman–Crippen LogP) is 2.73. The minimum atomic E-state index is 0.921. The molecule has 0 aromatic carbocycles. The Balaban J connectivity index is 1.53. The van der Waals surface area contributed by atoms with Crippen LogP contribution in [0.3, 0.4) is 0 Å². The zero-order valence-electron chi connectivity index (χ0n) is 8.47. The van der Waals surface area contributed by atoms with E-state index in [9.17, 15) is 0 Å². The minimum absolute atomic E-state index is 0.921. The van der Waals surface area contributed by atoms with Gasteiger partial charge in [-0.25, -0.2) is 0 Å². The molecule has 74 valence electrons. The van der Waals surface area contributed by atoms with Gasteiger partial charge in [0.1, 0.15) is 0 Å². The highest BCUT2D eigenvalue weighted by molar-refractivity contribution is 4.90. The summed E-state index contributed by atoms with van der Waals surface area (Å²) in [7, 11) is 0. The van der Waals surface area contributed by atoms with Crippen molar-refractivity contribution in [2.24, 2.45) is 11.8 Å². The molecule has 2 aliphatic carbocycles. The van der Waals surface area contributed by atoms with Gasteiger partial charge >= 0.3 is 0 Å². The van der Waals surface area contributed by atoms with Crippen LogP contribution in [-0.2, 0) is 0 Å². The van der Waals surface area contributed by atoms with Crippen molar-refractivity contribution in [1.82, 2.24) is 5.32 Å². The van der Waals surface area contributed by atoms with Crippen LogP contribution in [0.1, 0.15) is 38.5 Å². The van der Waals surface area contributed by atoms with Gasteiger partial charge in [-0.2, -0.15) is 0 Å². The summed E-state index contributed by atoms with van der Waals surface area (Å²) in [6.07, 6.45) is 13.1. The van der Waals surface area contributed by atoms with E-state index in [0.29, 0.717) is 0 Å². The first kappa shape index (κ1) is 9.26. The van der Waals surface area contributed by atoms with Crippen LogP contribution in [0, 0.1) is 11.8 Å². The van der Waals surface area contributed by atoms with Gasteiger partial charge in [-0.15, -0.1) is 0 Å². The maximum atomic E-state index is 3.62. The predicted molar refractivity (Wildman–Crippen MR) is 56.7 cm³/mol. The largest absolute Gasteiger partial charge is 0.316 e. The van der Waals surface area contributed by atoms with Crippen molar-refractivity contribution >= 4 is 0 Å². The highest BCUT2D eigenvalue weighted by atomic mass is 14.9. The molecular formula is C12H21N. The molecular weight excluding hydrogens is 158 g/mol. The Morgan fingerprint density at radius 1 is 1.00 bits per heavy atom. The van der Waals surface area contributed by atoms with E-state index in [1.165, 1.54) is 51.6 Å². The lowest BCUT2D eigenvalue weighted by atomic mass is 9.85. The van der Waals surface area contributed by atoms with E-state index in [1.807, 2.05) is 0 Å². The first-order valence-corrected chi connectivity index (χ1v) is 5.81. The highest BCUT2D eigenvalue weighted by Crippen LogP contribution is 2.25. The van der Waals surface area contributed by atoms with Crippen LogP contribution in [0.25, 0.3) is 0 Å². The molecule has 1 unspecified atom stereocenters. The van der Waals surface area contributed by atoms with E-state index < -0.39 is 0 Å². The van der Waals surface area contributed by atoms with Gasteiger partial charge in [0, 0.05) is 0 Å². The minimum Gasteiger partial charge on any atom is -0.316 e. The van der Waals surface area contributed by atoms with Crippen molar-refractivity contribution in [2.45, 2.75) is 38.5 Å². The Kier molecular flexibility index (Phi) is 3.42. The second kappa shape index (κ2) is 4.80. The molecule has 0 aromatic rings. The van der Waals surface area contributed by atoms with Crippen molar-refractivity contribution < 1.29 is 0 Å². The van der Waals surface area contributed by atoms with Crippen LogP contribution in [0.4, 0.5) is 0 Å². The number of rotatable bonds is 4. The fraction of sp³-hybridized carbons (Fsp3) is 0.833. The monoisotopic (exact) mass is 179 g/mol. The van der Waals surface area contributed by atoms with Crippen LogP contribution < -0.4 is 5.32 Å². The smallest absolute Gasteiger partial charge is 0.00173 e. The van der Waals surface area contributed by atoms with Gasteiger partial charge in [0.2, 0.25) is 0 Å². The van der Waals surface area contributed by atoms with Crippen LogP contribution in [0.5, 0.6) is 0 Å².